The van der Waals surface area contributed by atoms with Crippen molar-refractivity contribution in [1.29, 1.82) is 5.26 Å². The molecule has 0 aliphatic carbocycles. The van der Waals surface area contributed by atoms with Gasteiger partial charge in [0.1, 0.15) is 0 Å². The zero-order valence-corrected chi connectivity index (χ0v) is 16.1. The molecule has 0 aromatic heterocycles. The summed E-state index contributed by atoms with van der Waals surface area (Å²) in [6.07, 6.45) is 0.00712. The predicted octanol–water partition coefficient (Wildman–Crippen LogP) is 1.01. The van der Waals surface area contributed by atoms with Gasteiger partial charge in [0.15, 0.2) is 0 Å². The highest BCUT2D eigenvalue weighted by molar-refractivity contribution is 5.76. The Balaban J connectivity index is 1.40. The Hall–Kier alpha value is -2.63. The van der Waals surface area contributed by atoms with Gasteiger partial charge < -0.3 is 19.6 Å². The fourth-order valence-corrected chi connectivity index (χ4v) is 3.72. The van der Waals surface area contributed by atoms with Gasteiger partial charge in [-0.15, -0.1) is 0 Å². The molecule has 2 aliphatic heterocycles. The predicted molar refractivity (Wildman–Crippen MR) is 102 cm³/mol. The third-order valence-corrected chi connectivity index (χ3v) is 5.32. The van der Waals surface area contributed by atoms with Crippen LogP contribution in [0.25, 0.3) is 0 Å². The molecule has 0 spiro atoms. The Bertz CT molecular complexity index is 732. The van der Waals surface area contributed by atoms with Crippen LogP contribution in [0.5, 0.6) is 0 Å². The van der Waals surface area contributed by atoms with Crippen LogP contribution < -0.4 is 0 Å². The van der Waals surface area contributed by atoms with Crippen LogP contribution in [0.3, 0.4) is 0 Å². The van der Waals surface area contributed by atoms with Gasteiger partial charge in [0.2, 0.25) is 5.91 Å². The van der Waals surface area contributed by atoms with E-state index in [0.717, 1.165) is 12.1 Å². The topological polar surface area (TPSA) is 97.1 Å². The highest BCUT2D eigenvalue weighted by Gasteiger charge is 2.36. The lowest BCUT2D eigenvalue weighted by Crippen LogP contribution is -2.60. The van der Waals surface area contributed by atoms with Crippen molar-refractivity contribution in [3.8, 4) is 6.07 Å². The van der Waals surface area contributed by atoms with Crippen molar-refractivity contribution >= 4 is 12.0 Å². The largest absolute Gasteiger partial charge is 0.465 e. The molecule has 1 aromatic rings. The summed E-state index contributed by atoms with van der Waals surface area (Å²) in [5.74, 6) is 0.0925. The van der Waals surface area contributed by atoms with Gasteiger partial charge in [0.25, 0.3) is 0 Å². The van der Waals surface area contributed by atoms with Gasteiger partial charge in [-0.05, 0) is 24.1 Å². The Morgan fingerprint density at radius 1 is 1.21 bits per heavy atom. The Morgan fingerprint density at radius 3 is 2.43 bits per heavy atom. The number of nitrogens with zero attached hydrogens (tertiary/aromatic N) is 4. The molecule has 0 saturated carbocycles. The van der Waals surface area contributed by atoms with E-state index >= 15 is 0 Å². The number of carbonyl (C=O) groups excluding carboxylic acids is 1. The summed E-state index contributed by atoms with van der Waals surface area (Å²) in [6, 6.07) is 9.40. The van der Waals surface area contributed by atoms with Gasteiger partial charge >= 0.3 is 6.09 Å². The van der Waals surface area contributed by atoms with Gasteiger partial charge in [0.05, 0.1) is 36.9 Å². The molecule has 3 rings (SSSR count). The van der Waals surface area contributed by atoms with E-state index in [1.807, 2.05) is 19.2 Å². The molecule has 2 aliphatic rings. The lowest BCUT2D eigenvalue weighted by atomic mass is 10.1. The van der Waals surface area contributed by atoms with Crippen molar-refractivity contribution in [3.63, 3.8) is 0 Å². The van der Waals surface area contributed by atoms with E-state index in [-0.39, 0.29) is 18.1 Å². The number of likely N-dealkylation sites (N-methyl/N-ethyl adjacent to an activating group) is 1. The van der Waals surface area contributed by atoms with E-state index in [1.54, 1.807) is 17.0 Å². The lowest BCUT2D eigenvalue weighted by molar-refractivity contribution is -0.136. The molecule has 1 aromatic carbocycles. The molecular weight excluding hydrogens is 360 g/mol. The second-order valence-corrected chi connectivity index (χ2v) is 7.45. The highest BCUT2D eigenvalue weighted by atomic mass is 16.5. The molecule has 8 nitrogen and oxygen atoms in total. The quantitative estimate of drug-likeness (QED) is 0.784. The Morgan fingerprint density at radius 2 is 1.86 bits per heavy atom. The standard InChI is InChI=1S/C20H26N4O4/c1-22(19(25)7-6-15-2-4-16(10-21)5-3-15)8-9-23-11-17-13-24(20(26)27)14-18(12-23)28-17/h2-5,17-18H,6-9,11-14H2,1H3,(H,26,27). The van der Waals surface area contributed by atoms with E-state index in [0.29, 0.717) is 51.1 Å². The second kappa shape index (κ2) is 9.04. The van der Waals surface area contributed by atoms with Crippen LogP contribution in [0.1, 0.15) is 17.5 Å². The molecule has 150 valence electrons. The zero-order chi connectivity index (χ0) is 20.1. The van der Waals surface area contributed by atoms with E-state index in [4.69, 9.17) is 15.1 Å². The van der Waals surface area contributed by atoms with Crippen LogP contribution in [0.15, 0.2) is 24.3 Å². The Kier molecular flexibility index (Phi) is 6.49. The fourth-order valence-electron chi connectivity index (χ4n) is 3.72. The third kappa shape index (κ3) is 5.21. The van der Waals surface area contributed by atoms with Crippen LogP contribution in [-0.4, -0.2) is 90.3 Å². The van der Waals surface area contributed by atoms with Gasteiger partial charge in [0, 0.05) is 39.6 Å². The van der Waals surface area contributed by atoms with Crippen molar-refractivity contribution in [3.05, 3.63) is 35.4 Å². The van der Waals surface area contributed by atoms with E-state index in [9.17, 15) is 9.59 Å². The minimum atomic E-state index is -0.889. The number of ether oxygens (including phenoxy) is 1. The van der Waals surface area contributed by atoms with Gasteiger partial charge in [-0.25, -0.2) is 4.79 Å². The smallest absolute Gasteiger partial charge is 0.407 e. The summed E-state index contributed by atoms with van der Waals surface area (Å²) in [5.41, 5.74) is 1.67. The van der Waals surface area contributed by atoms with Crippen molar-refractivity contribution in [1.82, 2.24) is 14.7 Å². The minimum Gasteiger partial charge on any atom is -0.465 e. The molecule has 0 radical (unpaired) electrons. The monoisotopic (exact) mass is 386 g/mol. The first-order chi connectivity index (χ1) is 13.4. The summed E-state index contributed by atoms with van der Waals surface area (Å²) in [4.78, 5) is 29.0. The maximum atomic E-state index is 12.4. The van der Waals surface area contributed by atoms with Crippen molar-refractivity contribution in [2.45, 2.75) is 25.0 Å². The molecule has 2 saturated heterocycles. The normalized spacial score (nSPS) is 21.8. The fraction of sp³-hybridized carbons (Fsp3) is 0.550. The third-order valence-electron chi connectivity index (χ3n) is 5.32. The maximum Gasteiger partial charge on any atom is 0.407 e. The average molecular weight is 386 g/mol. The highest BCUT2D eigenvalue weighted by Crippen LogP contribution is 2.19. The lowest BCUT2D eigenvalue weighted by Gasteiger charge is -2.45. The molecule has 28 heavy (non-hydrogen) atoms. The van der Waals surface area contributed by atoms with Crippen LogP contribution in [0.2, 0.25) is 0 Å². The van der Waals surface area contributed by atoms with E-state index < -0.39 is 6.09 Å². The molecule has 2 amide bonds. The SMILES string of the molecule is CN(CCN1CC2CN(C(=O)O)CC(C1)O2)C(=O)CCc1ccc(C#N)cc1. The number of amides is 2. The summed E-state index contributed by atoms with van der Waals surface area (Å²) in [6.45, 7) is 3.57. The molecule has 2 heterocycles. The zero-order valence-electron chi connectivity index (χ0n) is 16.1. The van der Waals surface area contributed by atoms with Crippen molar-refractivity contribution < 1.29 is 19.4 Å². The molecule has 1 N–H and O–H groups in total. The molecule has 2 unspecified atom stereocenters. The number of carbonyl (C=O) groups is 2. The molecule has 8 heteroatoms. The first-order valence-corrected chi connectivity index (χ1v) is 9.53. The number of hydrogen-bond donors (Lipinski definition) is 1. The summed E-state index contributed by atoms with van der Waals surface area (Å²) >= 11 is 0. The average Bonchev–Trinajstić information content (AvgIpc) is 2.69. The number of morpholine rings is 2. The first-order valence-electron chi connectivity index (χ1n) is 9.53. The second-order valence-electron chi connectivity index (χ2n) is 7.45. The number of nitriles is 1. The first kappa shape index (κ1) is 20.1. The van der Waals surface area contributed by atoms with Crippen LogP contribution >= 0.6 is 0 Å². The van der Waals surface area contributed by atoms with Crippen LogP contribution in [0.4, 0.5) is 4.79 Å². The molecule has 2 bridgehead atoms. The van der Waals surface area contributed by atoms with Crippen LogP contribution in [-0.2, 0) is 16.0 Å². The number of carboxylic acid groups (broad SMARTS) is 1. The number of rotatable bonds is 6. The van der Waals surface area contributed by atoms with E-state index in [1.165, 1.54) is 4.90 Å². The van der Waals surface area contributed by atoms with Gasteiger partial charge in [-0.3, -0.25) is 9.69 Å². The van der Waals surface area contributed by atoms with Gasteiger partial charge in [-0.2, -0.15) is 5.26 Å². The minimum absolute atomic E-state index is 0.0925. The van der Waals surface area contributed by atoms with E-state index in [2.05, 4.69) is 11.0 Å². The van der Waals surface area contributed by atoms with Gasteiger partial charge in [-0.1, -0.05) is 12.1 Å². The van der Waals surface area contributed by atoms with Crippen molar-refractivity contribution in [2.75, 3.05) is 46.3 Å². The van der Waals surface area contributed by atoms with Crippen LogP contribution in [0, 0.1) is 11.3 Å². The number of benzene rings is 1. The number of aryl methyl sites for hydroxylation is 1. The molecule has 2 fully saturated rings. The summed E-state index contributed by atoms with van der Waals surface area (Å²) < 4.78 is 5.84. The Labute approximate surface area is 164 Å². The number of hydrogen-bond acceptors (Lipinski definition) is 5. The van der Waals surface area contributed by atoms with Crippen molar-refractivity contribution in [2.24, 2.45) is 0 Å². The number of fused-ring (bicyclic) bond motifs is 2. The maximum absolute atomic E-state index is 12.4. The summed E-state index contributed by atoms with van der Waals surface area (Å²) in [5, 5.41) is 18.0. The summed E-state index contributed by atoms with van der Waals surface area (Å²) in [7, 11) is 1.81. The molecular formula is C20H26N4O4. The molecule has 2 atom stereocenters.